The predicted octanol–water partition coefficient (Wildman–Crippen LogP) is 0.999. The number of morpholine rings is 1. The number of hydrogen-bond donors (Lipinski definition) is 2. The summed E-state index contributed by atoms with van der Waals surface area (Å²) < 4.78 is 27.9. The molecule has 1 saturated heterocycles. The minimum Gasteiger partial charge on any atom is -0.379 e. The quantitative estimate of drug-likeness (QED) is 0.244. The van der Waals surface area contributed by atoms with Crippen LogP contribution < -0.4 is 5.32 Å². The summed E-state index contributed by atoms with van der Waals surface area (Å²) in [6.07, 6.45) is 0. The van der Waals surface area contributed by atoms with Crippen LogP contribution in [-0.4, -0.2) is 69.3 Å². The summed E-state index contributed by atoms with van der Waals surface area (Å²) in [5.41, 5.74) is -0.639. The van der Waals surface area contributed by atoms with E-state index in [9.17, 15) is 28.1 Å². The third kappa shape index (κ3) is 5.96. The smallest absolute Gasteiger partial charge is 0.282 e. The summed E-state index contributed by atoms with van der Waals surface area (Å²) in [6.45, 7) is 3.48. The lowest BCUT2D eigenvalue weighted by Gasteiger charge is -2.26. The molecule has 0 unspecified atom stereocenters. The number of thiol groups is 1. The molecule has 0 radical (unpaired) electrons. The summed E-state index contributed by atoms with van der Waals surface area (Å²) in [7, 11) is -2.95. The molecule has 1 aliphatic heterocycles. The molecule has 1 heterocycles. The van der Waals surface area contributed by atoms with E-state index in [2.05, 4.69) is 10.2 Å². The highest BCUT2D eigenvalue weighted by molar-refractivity contribution is 7.71. The average molecular weight is 461 g/mol. The van der Waals surface area contributed by atoms with Gasteiger partial charge in [0.05, 0.1) is 23.9 Å². The van der Waals surface area contributed by atoms with Gasteiger partial charge in [-0.25, -0.2) is 8.42 Å². The summed E-state index contributed by atoms with van der Waals surface area (Å²) in [5, 5.41) is 14.3. The summed E-state index contributed by atoms with van der Waals surface area (Å²) in [5.74, 6) is -1.77. The number of nitrogens with zero attached hydrogens (tertiary/aromatic N) is 2. The van der Waals surface area contributed by atoms with E-state index in [4.69, 9.17) is 4.74 Å². The zero-order valence-electron chi connectivity index (χ0n) is 17.2. The van der Waals surface area contributed by atoms with Crippen LogP contribution in [0, 0.1) is 10.1 Å². The minimum atomic E-state index is -2.95. The molecule has 0 spiro atoms. The SMILES string of the molecule is O=C(c1ccccc1)c1cc(C(=O)NCCN2CCOCC2)c([N+](=O)[O-])cc1C[SH](=O)=O. The van der Waals surface area contributed by atoms with Crippen LogP contribution in [-0.2, 0) is 21.2 Å². The Labute approximate surface area is 186 Å². The molecule has 1 aliphatic rings. The summed E-state index contributed by atoms with van der Waals surface area (Å²) in [6, 6.07) is 10.2. The van der Waals surface area contributed by atoms with Crippen molar-refractivity contribution in [2.75, 3.05) is 39.4 Å². The zero-order chi connectivity index (χ0) is 23.1. The second-order valence-electron chi connectivity index (χ2n) is 7.18. The molecule has 1 amide bonds. The van der Waals surface area contributed by atoms with Crippen molar-refractivity contribution in [2.24, 2.45) is 0 Å². The van der Waals surface area contributed by atoms with Crippen LogP contribution in [0.2, 0.25) is 0 Å². The highest BCUT2D eigenvalue weighted by atomic mass is 32.2. The fourth-order valence-corrected chi connectivity index (χ4v) is 3.98. The highest BCUT2D eigenvalue weighted by Gasteiger charge is 2.26. The Bertz CT molecular complexity index is 1070. The normalized spacial score (nSPS) is 14.3. The van der Waals surface area contributed by atoms with Gasteiger partial charge in [-0.1, -0.05) is 30.3 Å². The maximum absolute atomic E-state index is 13.0. The van der Waals surface area contributed by atoms with Gasteiger partial charge in [-0.3, -0.25) is 24.6 Å². The molecule has 10 nitrogen and oxygen atoms in total. The van der Waals surface area contributed by atoms with Crippen LogP contribution in [0.5, 0.6) is 0 Å². The standard InChI is InChI=1S/C21H23N3O7S/c25-20(15-4-2-1-3-5-15)17-13-18(19(24(27)28)12-16(17)14-32(29)30)21(26)22-6-7-23-8-10-31-11-9-23/h1-5,12-13,32H,6-11,14H2,(H,22,26). The Kier molecular flexibility index (Phi) is 8.03. The van der Waals surface area contributed by atoms with Crippen LogP contribution in [0.15, 0.2) is 42.5 Å². The van der Waals surface area contributed by atoms with E-state index in [0.29, 0.717) is 19.8 Å². The van der Waals surface area contributed by atoms with Gasteiger partial charge in [-0.05, 0) is 11.6 Å². The van der Waals surface area contributed by atoms with Gasteiger partial charge in [0.15, 0.2) is 5.78 Å². The predicted molar refractivity (Wildman–Crippen MR) is 117 cm³/mol. The van der Waals surface area contributed by atoms with Crippen molar-refractivity contribution >= 4 is 28.1 Å². The second-order valence-corrected chi connectivity index (χ2v) is 8.16. The second kappa shape index (κ2) is 10.9. The Balaban J connectivity index is 1.91. The molecule has 1 N–H and O–H groups in total. The number of carbonyl (C=O) groups excluding carboxylic acids is 2. The number of nitro groups is 1. The molecule has 0 aliphatic carbocycles. The zero-order valence-corrected chi connectivity index (χ0v) is 18.1. The first-order valence-electron chi connectivity index (χ1n) is 9.98. The van der Waals surface area contributed by atoms with Gasteiger partial charge in [-0.15, -0.1) is 0 Å². The number of rotatable bonds is 9. The topological polar surface area (TPSA) is 136 Å². The Hall–Kier alpha value is -3.15. The van der Waals surface area contributed by atoms with E-state index in [1.807, 2.05) is 0 Å². The van der Waals surface area contributed by atoms with Crippen LogP contribution in [0.3, 0.4) is 0 Å². The summed E-state index contributed by atoms with van der Waals surface area (Å²) >= 11 is 0. The minimum absolute atomic E-state index is 0.0217. The Morgan fingerprint density at radius 2 is 1.78 bits per heavy atom. The number of nitro benzene ring substituents is 1. The molecule has 3 rings (SSSR count). The first-order chi connectivity index (χ1) is 15.4. The maximum Gasteiger partial charge on any atom is 0.282 e. The van der Waals surface area contributed by atoms with E-state index in [-0.39, 0.29) is 28.8 Å². The lowest BCUT2D eigenvalue weighted by atomic mass is 9.95. The van der Waals surface area contributed by atoms with E-state index >= 15 is 0 Å². The van der Waals surface area contributed by atoms with Gasteiger partial charge in [0.1, 0.15) is 16.3 Å². The van der Waals surface area contributed by atoms with Crippen molar-refractivity contribution in [3.8, 4) is 0 Å². The largest absolute Gasteiger partial charge is 0.379 e. The van der Waals surface area contributed by atoms with Crippen molar-refractivity contribution < 1.29 is 27.7 Å². The lowest BCUT2D eigenvalue weighted by Crippen LogP contribution is -2.41. The van der Waals surface area contributed by atoms with Gasteiger partial charge in [0.25, 0.3) is 11.6 Å². The number of ether oxygens (including phenoxy) is 1. The number of benzene rings is 2. The fourth-order valence-electron chi connectivity index (χ4n) is 3.44. The van der Waals surface area contributed by atoms with Crippen LogP contribution in [0.25, 0.3) is 0 Å². The Morgan fingerprint density at radius 3 is 2.41 bits per heavy atom. The molecule has 1 fully saturated rings. The molecule has 2 aromatic carbocycles. The molecule has 0 aromatic heterocycles. The van der Waals surface area contributed by atoms with Crippen LogP contribution >= 0.6 is 0 Å². The molecule has 0 atom stereocenters. The summed E-state index contributed by atoms with van der Waals surface area (Å²) in [4.78, 5) is 38.7. The lowest BCUT2D eigenvalue weighted by molar-refractivity contribution is -0.385. The number of nitrogens with one attached hydrogen (secondary N) is 1. The molecular weight excluding hydrogens is 438 g/mol. The first kappa shape index (κ1) is 23.5. The van der Waals surface area contributed by atoms with Crippen molar-refractivity contribution in [3.63, 3.8) is 0 Å². The van der Waals surface area contributed by atoms with Crippen molar-refractivity contribution in [1.29, 1.82) is 0 Å². The van der Waals surface area contributed by atoms with Gasteiger partial charge >= 0.3 is 0 Å². The third-order valence-electron chi connectivity index (χ3n) is 5.06. The van der Waals surface area contributed by atoms with E-state index in [0.717, 1.165) is 25.2 Å². The number of hydrogen-bond acceptors (Lipinski definition) is 8. The Morgan fingerprint density at radius 1 is 1.09 bits per heavy atom. The number of amides is 1. The molecule has 0 bridgehead atoms. The van der Waals surface area contributed by atoms with Crippen molar-refractivity contribution in [2.45, 2.75) is 5.75 Å². The molecule has 11 heteroatoms. The molecule has 32 heavy (non-hydrogen) atoms. The van der Waals surface area contributed by atoms with Crippen molar-refractivity contribution in [1.82, 2.24) is 10.2 Å². The molecule has 170 valence electrons. The van der Waals surface area contributed by atoms with Crippen molar-refractivity contribution in [3.05, 3.63) is 74.8 Å². The van der Waals surface area contributed by atoms with Crippen LogP contribution in [0.4, 0.5) is 5.69 Å². The van der Waals surface area contributed by atoms with Gasteiger partial charge in [0.2, 0.25) is 0 Å². The van der Waals surface area contributed by atoms with Gasteiger partial charge in [-0.2, -0.15) is 0 Å². The van der Waals surface area contributed by atoms with Gasteiger partial charge in [0, 0.05) is 43.4 Å². The first-order valence-corrected chi connectivity index (χ1v) is 11.3. The third-order valence-corrected chi connectivity index (χ3v) is 5.66. The van der Waals surface area contributed by atoms with Gasteiger partial charge < -0.3 is 10.1 Å². The van der Waals surface area contributed by atoms with E-state index < -0.39 is 38.8 Å². The molecular formula is C21H23N3O7S. The average Bonchev–Trinajstić information content (AvgIpc) is 2.79. The number of carbonyl (C=O) groups is 2. The monoisotopic (exact) mass is 461 g/mol. The maximum atomic E-state index is 13.0. The van der Waals surface area contributed by atoms with Crippen LogP contribution in [0.1, 0.15) is 31.8 Å². The molecule has 0 saturated carbocycles. The van der Waals surface area contributed by atoms with E-state index in [1.54, 1.807) is 30.3 Å². The highest BCUT2D eigenvalue weighted by Crippen LogP contribution is 2.26. The number of ketones is 1. The molecule has 2 aromatic rings. The fraction of sp³-hybridized carbons (Fsp3) is 0.333. The van der Waals surface area contributed by atoms with E-state index in [1.165, 1.54) is 0 Å².